The maximum Gasteiger partial charge on any atom is 0.164 e. The first-order valence-corrected chi connectivity index (χ1v) is 22.9. The van der Waals surface area contributed by atoms with Gasteiger partial charge in [0.2, 0.25) is 0 Å². The van der Waals surface area contributed by atoms with Gasteiger partial charge in [0.1, 0.15) is 73.9 Å². The van der Waals surface area contributed by atoms with Crippen LogP contribution in [0.4, 0.5) is 0 Å². The second-order valence-electron chi connectivity index (χ2n) is 18.2. The Kier molecular flexibility index (Phi) is 9.19. The van der Waals surface area contributed by atoms with Crippen molar-refractivity contribution < 1.29 is 4.42 Å². The van der Waals surface area contributed by atoms with Crippen LogP contribution in [0.25, 0.3) is 116 Å². The van der Waals surface area contributed by atoms with E-state index in [1.807, 2.05) is 60.7 Å². The molecule has 0 unspecified atom stereocenters. The van der Waals surface area contributed by atoms with Gasteiger partial charge in [0.15, 0.2) is 17.5 Å². The van der Waals surface area contributed by atoms with Gasteiger partial charge in [0.25, 0.3) is 0 Å². The highest BCUT2D eigenvalue weighted by atomic mass is 16.3. The first-order chi connectivity index (χ1) is 32.0. The fourth-order valence-corrected chi connectivity index (χ4v) is 10.6. The Morgan fingerprint density at radius 2 is 0.864 bits per heavy atom. The van der Waals surface area contributed by atoms with Crippen molar-refractivity contribution in [2.24, 2.45) is 0 Å². The molecule has 0 atom stereocenters. The van der Waals surface area contributed by atoms with E-state index in [0.717, 1.165) is 55.4 Å². The van der Waals surface area contributed by atoms with Gasteiger partial charge >= 0.3 is 0 Å². The zero-order valence-electron chi connectivity index (χ0n) is 38.6. The van der Waals surface area contributed by atoms with Crippen LogP contribution in [0, 0.1) is 0 Å². The van der Waals surface area contributed by atoms with Crippen molar-refractivity contribution in [2.75, 3.05) is 0 Å². The van der Waals surface area contributed by atoms with E-state index in [1.54, 1.807) is 0 Å². The molecule has 0 aliphatic carbocycles. The summed E-state index contributed by atoms with van der Waals surface area (Å²) < 4.78 is 9.70. The molecular formula is C53H40B8N4O. The number of nitrogens with zero attached hydrogens (tertiary/aromatic N) is 4. The molecule has 3 aromatic heterocycles. The molecule has 0 N–H and O–H groups in total. The predicted molar refractivity (Wildman–Crippen MR) is 304 cm³/mol. The molecule has 302 valence electrons. The summed E-state index contributed by atoms with van der Waals surface area (Å²) in [5.41, 5.74) is 20.8. The predicted octanol–water partition coefficient (Wildman–Crippen LogP) is -0.0903. The molecule has 0 aliphatic heterocycles. The summed E-state index contributed by atoms with van der Waals surface area (Å²) >= 11 is 0. The van der Waals surface area contributed by atoms with Gasteiger partial charge in [-0.3, -0.25) is 0 Å². The van der Waals surface area contributed by atoms with Gasteiger partial charge in [-0.05, 0) is 68.2 Å². The average Bonchev–Trinajstić information content (AvgIpc) is 3.92. The highest BCUT2D eigenvalue weighted by molar-refractivity contribution is 6.71. The Morgan fingerprint density at radius 3 is 1.48 bits per heavy atom. The highest BCUT2D eigenvalue weighted by Gasteiger charge is 2.25. The van der Waals surface area contributed by atoms with Crippen LogP contribution in [-0.2, 0) is 0 Å². The van der Waals surface area contributed by atoms with Gasteiger partial charge in [-0.15, -0.1) is 10.9 Å². The van der Waals surface area contributed by atoms with E-state index >= 15 is 0 Å². The topological polar surface area (TPSA) is 56.7 Å². The molecule has 12 rings (SSSR count). The van der Waals surface area contributed by atoms with Gasteiger partial charge in [-0.25, -0.2) is 15.0 Å². The summed E-state index contributed by atoms with van der Waals surface area (Å²) in [5.74, 6) is 1.84. The largest absolute Gasteiger partial charge is 0.455 e. The normalized spacial score (nSPS) is 11.8. The molecule has 9 aromatic carbocycles. The van der Waals surface area contributed by atoms with Crippen LogP contribution in [-0.4, -0.2) is 82.3 Å². The third kappa shape index (κ3) is 6.02. The Balaban J connectivity index is 1.16. The van der Waals surface area contributed by atoms with E-state index in [1.165, 1.54) is 87.1 Å². The van der Waals surface area contributed by atoms with E-state index in [-0.39, 0.29) is 0 Å². The monoisotopic (exact) mass is 836 g/mol. The summed E-state index contributed by atoms with van der Waals surface area (Å²) in [6.45, 7) is 0. The van der Waals surface area contributed by atoms with E-state index < -0.39 is 0 Å². The van der Waals surface area contributed by atoms with Crippen molar-refractivity contribution in [1.29, 1.82) is 0 Å². The number of rotatable bonds is 5. The van der Waals surface area contributed by atoms with Gasteiger partial charge in [0.05, 0.1) is 0 Å². The Hall–Kier alpha value is -7.37. The van der Waals surface area contributed by atoms with E-state index in [9.17, 15) is 0 Å². The van der Waals surface area contributed by atoms with Crippen LogP contribution < -0.4 is 43.7 Å². The number of aromatic nitrogens is 4. The zero-order valence-corrected chi connectivity index (χ0v) is 38.6. The van der Waals surface area contributed by atoms with Gasteiger partial charge in [0, 0.05) is 49.7 Å². The number of furan rings is 1. The summed E-state index contributed by atoms with van der Waals surface area (Å²) in [6.07, 6.45) is 0. The fourth-order valence-electron chi connectivity index (χ4n) is 10.6. The van der Waals surface area contributed by atoms with Crippen LogP contribution in [0.3, 0.4) is 0 Å². The molecule has 0 radical (unpaired) electrons. The van der Waals surface area contributed by atoms with Crippen LogP contribution in [0.5, 0.6) is 0 Å². The summed E-state index contributed by atoms with van der Waals surface area (Å²) in [6, 6.07) is 51.4. The van der Waals surface area contributed by atoms with Crippen LogP contribution >= 0.6 is 0 Å². The second kappa shape index (κ2) is 15.1. The SMILES string of the molecule is Bc1c(B)c(B)c2c(c1B)c1c(B)c(B)c(B)c(B)c1n2-c1cc(-c2ccc3c(ccc4ccccc43)c2)c2oc3cc(-c4nc(-c5ccccc5)nc(-c5ccccc5)n4)ccc3c2c1. The third-order valence-electron chi connectivity index (χ3n) is 14.8. The lowest BCUT2D eigenvalue weighted by molar-refractivity contribution is 0.670. The van der Waals surface area contributed by atoms with Crippen molar-refractivity contribution in [3.05, 3.63) is 146 Å². The van der Waals surface area contributed by atoms with Gasteiger partial charge in [-0.1, -0.05) is 148 Å². The van der Waals surface area contributed by atoms with Crippen molar-refractivity contribution in [3.63, 3.8) is 0 Å². The smallest absolute Gasteiger partial charge is 0.164 e. The molecule has 0 saturated carbocycles. The van der Waals surface area contributed by atoms with Gasteiger partial charge in [-0.2, -0.15) is 0 Å². The van der Waals surface area contributed by atoms with Crippen molar-refractivity contribution in [3.8, 4) is 51.0 Å². The first-order valence-electron chi connectivity index (χ1n) is 22.9. The van der Waals surface area contributed by atoms with Crippen molar-refractivity contribution in [1.82, 2.24) is 19.5 Å². The Morgan fingerprint density at radius 1 is 0.364 bits per heavy atom. The van der Waals surface area contributed by atoms with Gasteiger partial charge < -0.3 is 8.98 Å². The Bertz CT molecular complexity index is 3910. The lowest BCUT2D eigenvalue weighted by Crippen LogP contribution is -2.49. The fraction of sp³-hybridized carbons (Fsp3) is 0. The van der Waals surface area contributed by atoms with E-state index in [4.69, 9.17) is 19.4 Å². The minimum atomic E-state index is 0.589. The number of benzene rings is 9. The lowest BCUT2D eigenvalue weighted by Gasteiger charge is -2.18. The first kappa shape index (κ1) is 40.2. The molecule has 0 fully saturated rings. The summed E-state index contributed by atoms with van der Waals surface area (Å²) in [4.78, 5) is 15.1. The van der Waals surface area contributed by atoms with Crippen molar-refractivity contribution in [2.45, 2.75) is 0 Å². The quantitative estimate of drug-likeness (QED) is 0.180. The molecule has 5 nitrogen and oxygen atoms in total. The maximum atomic E-state index is 7.13. The second-order valence-corrected chi connectivity index (χ2v) is 18.2. The van der Waals surface area contributed by atoms with E-state index in [2.05, 4.69) is 152 Å². The number of fused-ring (bicyclic) bond motifs is 9. The molecular weight excluding hydrogens is 795 g/mol. The molecule has 0 amide bonds. The average molecular weight is 835 g/mol. The summed E-state index contributed by atoms with van der Waals surface area (Å²) in [7, 11) is 18.4. The number of hydrogen-bond donors (Lipinski definition) is 0. The molecule has 12 aromatic rings. The van der Waals surface area contributed by atoms with Crippen LogP contribution in [0.15, 0.2) is 150 Å². The number of hydrogen-bond acceptors (Lipinski definition) is 4. The minimum Gasteiger partial charge on any atom is -0.455 e. The molecule has 66 heavy (non-hydrogen) atoms. The zero-order chi connectivity index (χ0) is 45.1. The van der Waals surface area contributed by atoms with Crippen LogP contribution in [0.1, 0.15) is 0 Å². The molecule has 0 aliphatic rings. The molecule has 3 heterocycles. The lowest BCUT2D eigenvalue weighted by atomic mass is 9.63. The Labute approximate surface area is 390 Å². The standard InChI is InChI=1S/C53H40B8N4O/c54-40-38-39-41(55)43(57)45(59)47(61)49(39)65(48(38)46(60)44(58)42(40)56)31-23-35(29-17-19-33-28(21-29)16-15-25-9-7-8-14-32(25)33)50-36(24-31)34-20-18-30(22-37(34)66-50)53-63-51(26-10-3-1-4-11-26)62-52(64-53)27-12-5-2-6-13-27/h1-24H,54-61H2. The molecule has 0 saturated heterocycles. The summed E-state index contributed by atoms with van der Waals surface area (Å²) in [5, 5.41) is 9.68. The highest BCUT2D eigenvalue weighted by Crippen LogP contribution is 2.42. The maximum absolute atomic E-state index is 7.13. The minimum absolute atomic E-state index is 0.589. The van der Waals surface area contributed by atoms with Crippen LogP contribution in [0.2, 0.25) is 0 Å². The third-order valence-corrected chi connectivity index (χ3v) is 14.8. The molecule has 13 heteroatoms. The molecule has 0 bridgehead atoms. The van der Waals surface area contributed by atoms with Crippen molar-refractivity contribution >= 4 is 172 Å². The van der Waals surface area contributed by atoms with E-state index in [0.29, 0.717) is 17.5 Å². The molecule has 0 spiro atoms.